The third-order valence-corrected chi connectivity index (χ3v) is 3.94. The van der Waals surface area contributed by atoms with Crippen LogP contribution in [0.2, 0.25) is 0 Å². The first-order valence-electron chi connectivity index (χ1n) is 8.21. The molecule has 1 aliphatic rings. The van der Waals surface area contributed by atoms with Crippen molar-refractivity contribution < 1.29 is 14.3 Å². The van der Waals surface area contributed by atoms with E-state index in [-0.39, 0.29) is 25.0 Å². The summed E-state index contributed by atoms with van der Waals surface area (Å²) < 4.78 is 5.04. The van der Waals surface area contributed by atoms with Gasteiger partial charge in [0.1, 0.15) is 6.04 Å². The normalized spacial score (nSPS) is 14.2. The molecule has 2 amide bonds. The van der Waals surface area contributed by atoms with Crippen LogP contribution in [0.15, 0.2) is 18.2 Å². The van der Waals surface area contributed by atoms with Crippen LogP contribution in [0.25, 0.3) is 0 Å². The van der Waals surface area contributed by atoms with Gasteiger partial charge in [-0.3, -0.25) is 9.59 Å². The number of para-hydroxylation sites is 1. The molecule has 1 atom stereocenters. The van der Waals surface area contributed by atoms with E-state index >= 15 is 0 Å². The van der Waals surface area contributed by atoms with Gasteiger partial charge in [-0.1, -0.05) is 18.2 Å². The maximum atomic E-state index is 12.4. The summed E-state index contributed by atoms with van der Waals surface area (Å²) in [6.45, 7) is 1.65. The molecule has 1 aromatic rings. The van der Waals surface area contributed by atoms with Gasteiger partial charge >= 0.3 is 0 Å². The molecule has 0 saturated heterocycles. The third-order valence-electron chi connectivity index (χ3n) is 3.94. The average Bonchev–Trinajstić information content (AvgIpc) is 2.59. The number of carbonyl (C=O) groups is 2. The Kier molecular flexibility index (Phi) is 7.02. The van der Waals surface area contributed by atoms with Crippen molar-refractivity contribution in [2.45, 2.75) is 25.4 Å². The highest BCUT2D eigenvalue weighted by molar-refractivity contribution is 5.88. The summed E-state index contributed by atoms with van der Waals surface area (Å²) in [6, 6.07) is 5.42. The van der Waals surface area contributed by atoms with Crippen LogP contribution >= 0.6 is 0 Å². The van der Waals surface area contributed by atoms with Gasteiger partial charge in [0.05, 0.1) is 13.2 Å². The van der Waals surface area contributed by atoms with Gasteiger partial charge in [-0.15, -0.1) is 0 Å². The minimum Gasteiger partial charge on any atom is -0.385 e. The Labute approximate surface area is 142 Å². The highest BCUT2D eigenvalue weighted by Gasteiger charge is 2.21. The maximum absolute atomic E-state index is 12.4. The summed E-state index contributed by atoms with van der Waals surface area (Å²) in [7, 11) is 3.18. The van der Waals surface area contributed by atoms with Crippen molar-refractivity contribution in [3.8, 4) is 0 Å². The van der Waals surface area contributed by atoms with Crippen LogP contribution in [0.5, 0.6) is 0 Å². The van der Waals surface area contributed by atoms with Gasteiger partial charge in [-0.25, -0.2) is 0 Å². The lowest BCUT2D eigenvalue weighted by molar-refractivity contribution is -0.130. The second kappa shape index (κ2) is 9.24. The molecular weight excluding hydrogens is 308 g/mol. The van der Waals surface area contributed by atoms with Crippen molar-refractivity contribution in [2.24, 2.45) is 0 Å². The van der Waals surface area contributed by atoms with Crippen molar-refractivity contribution in [1.29, 1.82) is 0 Å². The average molecular weight is 334 g/mol. The van der Waals surface area contributed by atoms with Crippen LogP contribution in [0.1, 0.15) is 17.5 Å². The quantitative estimate of drug-likeness (QED) is 0.538. The van der Waals surface area contributed by atoms with Gasteiger partial charge in [0.15, 0.2) is 0 Å². The molecule has 0 spiro atoms. The number of nitrogens with one attached hydrogen (secondary N) is 4. The lowest BCUT2D eigenvalue weighted by Crippen LogP contribution is -2.50. The number of aryl methyl sites for hydroxylation is 1. The Morgan fingerprint density at radius 3 is 2.96 bits per heavy atom. The van der Waals surface area contributed by atoms with E-state index < -0.39 is 6.04 Å². The van der Waals surface area contributed by atoms with Crippen LogP contribution in [-0.4, -0.2) is 51.7 Å². The molecule has 1 aliphatic heterocycles. The number of anilines is 1. The lowest BCUT2D eigenvalue weighted by atomic mass is 9.99. The summed E-state index contributed by atoms with van der Waals surface area (Å²) in [4.78, 5) is 24.0. The first-order chi connectivity index (χ1) is 11.7. The molecule has 4 N–H and O–H groups in total. The number of rotatable bonds is 8. The van der Waals surface area contributed by atoms with Crippen molar-refractivity contribution in [3.63, 3.8) is 0 Å². The fourth-order valence-corrected chi connectivity index (χ4v) is 2.79. The van der Waals surface area contributed by atoms with E-state index in [2.05, 4.69) is 27.3 Å². The molecule has 7 nitrogen and oxygen atoms in total. The molecule has 0 saturated carbocycles. The maximum Gasteiger partial charge on any atom is 0.245 e. The Morgan fingerprint density at radius 2 is 2.21 bits per heavy atom. The molecule has 1 unspecified atom stereocenters. The Hall–Kier alpha value is -2.12. The molecule has 2 rings (SSSR count). The van der Waals surface area contributed by atoms with Crippen molar-refractivity contribution in [3.05, 3.63) is 29.3 Å². The van der Waals surface area contributed by atoms with E-state index in [4.69, 9.17) is 4.74 Å². The Morgan fingerprint density at radius 1 is 1.38 bits per heavy atom. The second-order valence-electron chi connectivity index (χ2n) is 5.81. The topological polar surface area (TPSA) is 91.5 Å². The largest absolute Gasteiger partial charge is 0.385 e. The standard InChI is InChI=1S/C17H26N4O3/c1-18-10-15(22)21-14(11-24-2)17(23)20-9-13-6-3-5-12-7-4-8-19-16(12)13/h3,5-6,14,18-19H,4,7-11H2,1-2H3,(H,20,23)(H,21,22). The fraction of sp³-hybridized carbons (Fsp3) is 0.529. The fourth-order valence-electron chi connectivity index (χ4n) is 2.79. The number of likely N-dealkylation sites (N-methyl/N-ethyl adjacent to an activating group) is 1. The zero-order chi connectivity index (χ0) is 17.4. The molecule has 0 bridgehead atoms. The number of fused-ring (bicyclic) bond motifs is 1. The minimum atomic E-state index is -0.705. The number of benzene rings is 1. The zero-order valence-electron chi connectivity index (χ0n) is 14.3. The van der Waals surface area contributed by atoms with E-state index in [1.54, 1.807) is 7.05 Å². The van der Waals surface area contributed by atoms with Crippen LogP contribution in [0.3, 0.4) is 0 Å². The number of ether oxygens (including phenoxy) is 1. The molecular formula is C17H26N4O3. The SMILES string of the molecule is CNCC(=O)NC(COC)C(=O)NCc1cccc2c1NCCC2. The first kappa shape index (κ1) is 18.2. The highest BCUT2D eigenvalue weighted by atomic mass is 16.5. The molecule has 7 heteroatoms. The molecule has 1 aromatic carbocycles. The van der Waals surface area contributed by atoms with Crippen molar-refractivity contribution in [1.82, 2.24) is 16.0 Å². The number of methoxy groups -OCH3 is 1. The van der Waals surface area contributed by atoms with Gasteiger partial charge in [0, 0.05) is 25.9 Å². The molecule has 0 fully saturated rings. The van der Waals surface area contributed by atoms with Gasteiger partial charge < -0.3 is 26.0 Å². The van der Waals surface area contributed by atoms with Crippen molar-refractivity contribution >= 4 is 17.5 Å². The number of amides is 2. The molecule has 24 heavy (non-hydrogen) atoms. The molecule has 0 aromatic heterocycles. The number of hydrogen-bond acceptors (Lipinski definition) is 5. The Bertz CT molecular complexity index is 577. The predicted molar refractivity (Wildman–Crippen MR) is 92.8 cm³/mol. The van der Waals surface area contributed by atoms with Crippen LogP contribution < -0.4 is 21.3 Å². The summed E-state index contributed by atoms with van der Waals surface area (Å²) in [5.41, 5.74) is 3.45. The summed E-state index contributed by atoms with van der Waals surface area (Å²) in [6.07, 6.45) is 2.17. The van der Waals surface area contributed by atoms with Crippen LogP contribution in [0.4, 0.5) is 5.69 Å². The van der Waals surface area contributed by atoms with Gasteiger partial charge in [-0.2, -0.15) is 0 Å². The number of carbonyl (C=O) groups excluding carboxylic acids is 2. The molecule has 0 aliphatic carbocycles. The van der Waals surface area contributed by atoms with E-state index in [1.807, 2.05) is 12.1 Å². The lowest BCUT2D eigenvalue weighted by Gasteiger charge is -2.22. The molecule has 0 radical (unpaired) electrons. The van der Waals surface area contributed by atoms with Gasteiger partial charge in [-0.05, 0) is 31.0 Å². The van der Waals surface area contributed by atoms with Gasteiger partial charge in [0.25, 0.3) is 0 Å². The van der Waals surface area contributed by atoms with Crippen molar-refractivity contribution in [2.75, 3.05) is 39.2 Å². The smallest absolute Gasteiger partial charge is 0.245 e. The molecule has 132 valence electrons. The summed E-state index contributed by atoms with van der Waals surface area (Å²) >= 11 is 0. The van der Waals surface area contributed by atoms with E-state index in [9.17, 15) is 9.59 Å². The monoisotopic (exact) mass is 334 g/mol. The predicted octanol–water partition coefficient (Wildman–Crippen LogP) is 0.0115. The van der Waals surface area contributed by atoms with E-state index in [0.717, 1.165) is 30.6 Å². The zero-order valence-corrected chi connectivity index (χ0v) is 14.3. The second-order valence-corrected chi connectivity index (χ2v) is 5.81. The summed E-state index contributed by atoms with van der Waals surface area (Å²) in [5.74, 6) is -0.497. The highest BCUT2D eigenvalue weighted by Crippen LogP contribution is 2.25. The van der Waals surface area contributed by atoms with E-state index in [1.165, 1.54) is 12.7 Å². The van der Waals surface area contributed by atoms with Crippen LogP contribution in [-0.2, 0) is 27.3 Å². The number of hydrogen-bond donors (Lipinski definition) is 4. The Balaban J connectivity index is 1.96. The van der Waals surface area contributed by atoms with Gasteiger partial charge in [0.2, 0.25) is 11.8 Å². The van der Waals surface area contributed by atoms with E-state index in [0.29, 0.717) is 6.54 Å². The third kappa shape index (κ3) is 4.94. The summed E-state index contributed by atoms with van der Waals surface area (Å²) in [5, 5.41) is 11.7. The van der Waals surface area contributed by atoms with Crippen LogP contribution in [0, 0.1) is 0 Å². The minimum absolute atomic E-state index is 0.131. The molecule has 1 heterocycles. The first-order valence-corrected chi connectivity index (χ1v) is 8.21.